The summed E-state index contributed by atoms with van der Waals surface area (Å²) in [6.45, 7) is 2.31. The lowest BCUT2D eigenvalue weighted by Gasteiger charge is -2.58. The van der Waals surface area contributed by atoms with Gasteiger partial charge in [-0.3, -0.25) is 4.90 Å². The molecule has 178 valence electrons. The van der Waals surface area contributed by atoms with Crippen molar-refractivity contribution in [3.63, 3.8) is 0 Å². The van der Waals surface area contributed by atoms with Crippen LogP contribution in [0.1, 0.15) is 17.9 Å². The van der Waals surface area contributed by atoms with E-state index >= 15 is 0 Å². The molecule has 2 aromatic rings. The highest BCUT2D eigenvalue weighted by Crippen LogP contribution is 2.42. The van der Waals surface area contributed by atoms with Gasteiger partial charge < -0.3 is 25.0 Å². The number of aliphatic hydroxyl groups excluding tert-OH is 1. The number of methoxy groups -OCH3 is 1. The Kier molecular flexibility index (Phi) is 7.58. The quantitative estimate of drug-likeness (QED) is 0.636. The van der Waals surface area contributed by atoms with Gasteiger partial charge in [0.2, 0.25) is 0 Å². The van der Waals surface area contributed by atoms with Crippen LogP contribution >= 0.6 is 15.9 Å². The van der Waals surface area contributed by atoms with E-state index < -0.39 is 0 Å². The van der Waals surface area contributed by atoms with E-state index in [1.54, 1.807) is 7.11 Å². The Labute approximate surface area is 204 Å². The summed E-state index contributed by atoms with van der Waals surface area (Å²) in [4.78, 5) is 19.8. The molecule has 2 heterocycles. The number of anilines is 1. The molecular weight excluding hydrogens is 484 g/mol. The number of hydrogen-bond acceptors (Lipinski definition) is 5. The Bertz CT molecular complexity index is 938. The number of carbonyl (C=O) groups excluding carboxylic acids is 1. The first-order valence-corrected chi connectivity index (χ1v) is 12.2. The largest absolute Gasteiger partial charge is 0.497 e. The van der Waals surface area contributed by atoms with Gasteiger partial charge in [-0.05, 0) is 62.5 Å². The molecule has 0 bridgehead atoms. The van der Waals surface area contributed by atoms with Crippen molar-refractivity contribution in [1.29, 1.82) is 0 Å². The van der Waals surface area contributed by atoms with E-state index in [0.29, 0.717) is 19.1 Å². The average molecular weight is 517 g/mol. The summed E-state index contributed by atoms with van der Waals surface area (Å²) < 4.78 is 6.25. The molecule has 0 aliphatic carbocycles. The van der Waals surface area contributed by atoms with E-state index in [0.717, 1.165) is 28.9 Å². The van der Waals surface area contributed by atoms with Crippen molar-refractivity contribution < 1.29 is 14.6 Å². The second-order valence-corrected chi connectivity index (χ2v) is 10.0. The van der Waals surface area contributed by atoms with Gasteiger partial charge in [-0.25, -0.2) is 4.79 Å². The van der Waals surface area contributed by atoms with E-state index in [1.807, 2.05) is 41.3 Å². The van der Waals surface area contributed by atoms with Crippen LogP contribution in [-0.4, -0.2) is 91.4 Å². The van der Waals surface area contributed by atoms with Gasteiger partial charge in [0.25, 0.3) is 0 Å². The number of amides is 2. The molecule has 2 N–H and O–H groups in total. The number of nitrogens with zero attached hydrogens (tertiary/aromatic N) is 3. The topological polar surface area (TPSA) is 68.3 Å². The highest BCUT2D eigenvalue weighted by Gasteiger charge is 2.50. The third kappa shape index (κ3) is 5.19. The first-order chi connectivity index (χ1) is 15.9. The van der Waals surface area contributed by atoms with Crippen molar-refractivity contribution in [2.24, 2.45) is 0 Å². The van der Waals surface area contributed by atoms with Crippen LogP contribution in [0.2, 0.25) is 0 Å². The number of halogens is 1. The summed E-state index contributed by atoms with van der Waals surface area (Å²) in [7, 11) is 5.80. The fourth-order valence-corrected chi connectivity index (χ4v) is 5.35. The van der Waals surface area contributed by atoms with Crippen LogP contribution in [0.5, 0.6) is 5.75 Å². The number of nitrogens with one attached hydrogen (secondary N) is 1. The molecule has 2 amide bonds. The molecular formula is C25H33BrN4O3. The molecule has 0 spiro atoms. The second-order valence-electron chi connectivity index (χ2n) is 9.10. The van der Waals surface area contributed by atoms with Crippen molar-refractivity contribution >= 4 is 27.6 Å². The fourth-order valence-electron chi connectivity index (χ4n) is 5.09. The molecule has 33 heavy (non-hydrogen) atoms. The molecule has 2 aromatic carbocycles. The zero-order valence-corrected chi connectivity index (χ0v) is 21.0. The van der Waals surface area contributed by atoms with Gasteiger partial charge in [0.15, 0.2) is 0 Å². The van der Waals surface area contributed by atoms with Crippen LogP contribution in [0.4, 0.5) is 10.5 Å². The molecule has 2 fully saturated rings. The monoisotopic (exact) mass is 516 g/mol. The molecule has 0 aromatic heterocycles. The maximum absolute atomic E-state index is 13.3. The summed E-state index contributed by atoms with van der Waals surface area (Å²) in [5.41, 5.74) is 1.95. The Morgan fingerprint density at radius 3 is 2.45 bits per heavy atom. The molecule has 7 nitrogen and oxygen atoms in total. The van der Waals surface area contributed by atoms with Gasteiger partial charge in [0.05, 0.1) is 13.7 Å². The Balaban J connectivity index is 1.56. The number of benzene rings is 2. The molecule has 8 heteroatoms. The number of aliphatic hydroxyl groups is 1. The summed E-state index contributed by atoms with van der Waals surface area (Å²) in [5.74, 6) is 0.936. The number of rotatable bonds is 5. The minimum atomic E-state index is -0.0958. The van der Waals surface area contributed by atoms with Crippen LogP contribution < -0.4 is 10.1 Å². The van der Waals surface area contributed by atoms with Crippen molar-refractivity contribution in [2.45, 2.75) is 30.5 Å². The van der Waals surface area contributed by atoms with E-state index in [4.69, 9.17) is 4.74 Å². The van der Waals surface area contributed by atoms with Crippen LogP contribution in [0, 0.1) is 0 Å². The van der Waals surface area contributed by atoms with E-state index in [9.17, 15) is 9.90 Å². The number of hydrogen-bond donors (Lipinski definition) is 2. The van der Waals surface area contributed by atoms with E-state index in [2.05, 4.69) is 57.3 Å². The summed E-state index contributed by atoms with van der Waals surface area (Å²) in [6.07, 6.45) is 0.882. The second kappa shape index (κ2) is 10.4. The average Bonchev–Trinajstić information content (AvgIpc) is 2.79. The summed E-state index contributed by atoms with van der Waals surface area (Å²) in [5, 5.41) is 13.3. The minimum absolute atomic E-state index is 0.0585. The normalized spacial score (nSPS) is 25.6. The highest BCUT2D eigenvalue weighted by molar-refractivity contribution is 9.10. The molecule has 4 atom stereocenters. The highest BCUT2D eigenvalue weighted by atomic mass is 79.9. The lowest BCUT2D eigenvalue weighted by Crippen LogP contribution is -2.70. The molecule has 2 saturated heterocycles. The number of ether oxygens (including phenoxy) is 1. The van der Waals surface area contributed by atoms with E-state index in [1.165, 1.54) is 5.56 Å². The van der Waals surface area contributed by atoms with Gasteiger partial charge in [-0.1, -0.05) is 28.1 Å². The summed E-state index contributed by atoms with van der Waals surface area (Å²) in [6, 6.07) is 16.2. The molecule has 2 aliphatic heterocycles. The molecule has 1 unspecified atom stereocenters. The first kappa shape index (κ1) is 24.0. The van der Waals surface area contributed by atoms with Crippen LogP contribution in [0.15, 0.2) is 53.0 Å². The molecule has 4 rings (SSSR count). The van der Waals surface area contributed by atoms with Crippen LogP contribution in [0.25, 0.3) is 0 Å². The zero-order valence-electron chi connectivity index (χ0n) is 19.4. The maximum Gasteiger partial charge on any atom is 0.321 e. The van der Waals surface area contributed by atoms with E-state index in [-0.39, 0.29) is 30.6 Å². The maximum atomic E-state index is 13.3. The van der Waals surface area contributed by atoms with Crippen molar-refractivity contribution in [3.05, 3.63) is 58.6 Å². The van der Waals surface area contributed by atoms with Gasteiger partial charge in [-0.15, -0.1) is 0 Å². The number of fused-ring (bicyclic) bond motifs is 1. The molecule has 0 radical (unpaired) electrons. The molecule has 2 aliphatic rings. The van der Waals surface area contributed by atoms with Crippen LogP contribution in [-0.2, 0) is 0 Å². The van der Waals surface area contributed by atoms with Crippen molar-refractivity contribution in [2.75, 3.05) is 52.8 Å². The first-order valence-electron chi connectivity index (χ1n) is 11.4. The summed E-state index contributed by atoms with van der Waals surface area (Å²) >= 11 is 3.52. The Morgan fingerprint density at radius 2 is 1.85 bits per heavy atom. The third-order valence-electron chi connectivity index (χ3n) is 7.04. The fraction of sp³-hybridized carbons (Fsp3) is 0.480. The molecule has 0 saturated carbocycles. The zero-order chi connectivity index (χ0) is 23.5. The lowest BCUT2D eigenvalue weighted by atomic mass is 9.74. The standard InChI is InChI=1S/C25H33BrN4O3/c1-28(2)20-12-13-29(25(32)27-19-8-10-21(33-3)11-9-19)15-22-24(23(16-31)30(22)14-20)17-4-6-18(26)7-5-17/h4-11,20,22-24,31H,12-16H2,1-3H3,(H,27,32)/t20?,22-,23+,24+/m0/s1. The number of carbonyl (C=O) groups is 1. The minimum Gasteiger partial charge on any atom is -0.497 e. The number of likely N-dealkylation sites (N-methyl/N-ethyl adjacent to an activating group) is 1. The van der Waals surface area contributed by atoms with Crippen LogP contribution in [0.3, 0.4) is 0 Å². The predicted octanol–water partition coefficient (Wildman–Crippen LogP) is 3.45. The SMILES string of the molecule is COc1ccc(NC(=O)N2CCC(N(C)C)CN3[C@H](CO)[C@H](c4ccc(Br)cc4)[C@@H]3C2)cc1. The van der Waals surface area contributed by atoms with Gasteiger partial charge in [0, 0.05) is 53.8 Å². The van der Waals surface area contributed by atoms with Gasteiger partial charge >= 0.3 is 6.03 Å². The third-order valence-corrected chi connectivity index (χ3v) is 7.57. The van der Waals surface area contributed by atoms with Gasteiger partial charge in [-0.2, -0.15) is 0 Å². The van der Waals surface area contributed by atoms with Crippen molar-refractivity contribution in [1.82, 2.24) is 14.7 Å². The Hall–Kier alpha value is -2.13. The Morgan fingerprint density at radius 1 is 1.15 bits per heavy atom. The smallest absolute Gasteiger partial charge is 0.321 e. The lowest BCUT2D eigenvalue weighted by molar-refractivity contribution is -0.0723. The predicted molar refractivity (Wildman–Crippen MR) is 134 cm³/mol. The van der Waals surface area contributed by atoms with Gasteiger partial charge in [0.1, 0.15) is 5.75 Å². The van der Waals surface area contributed by atoms with Crippen molar-refractivity contribution in [3.8, 4) is 5.75 Å². The number of urea groups is 1.